The van der Waals surface area contributed by atoms with Crippen molar-refractivity contribution in [3.8, 4) is 0 Å². The van der Waals surface area contributed by atoms with Gasteiger partial charge in [0, 0.05) is 74.4 Å². The molecule has 16 heteroatoms. The van der Waals surface area contributed by atoms with Crippen molar-refractivity contribution in [1.29, 1.82) is 0 Å². The van der Waals surface area contributed by atoms with E-state index < -0.39 is 0 Å². The number of rotatable bonds is 2. The Morgan fingerprint density at radius 1 is 0.460 bits per heavy atom. The first-order valence-electron chi connectivity index (χ1n) is 15.0. The number of fused-ring (bicyclic) bond motifs is 4. The van der Waals surface area contributed by atoms with E-state index in [2.05, 4.69) is 103 Å². The summed E-state index contributed by atoms with van der Waals surface area (Å²) in [6.45, 7) is 18.5. The highest BCUT2D eigenvalue weighted by Gasteiger charge is 2.58. The Labute approximate surface area is 301 Å². The zero-order valence-electron chi connectivity index (χ0n) is 28.7. The maximum atomic E-state index is 8.00. The second-order valence-electron chi connectivity index (χ2n) is 11.9. The molecule has 0 amide bonds. The summed E-state index contributed by atoms with van der Waals surface area (Å²) >= 11 is 8.05. The van der Waals surface area contributed by atoms with E-state index >= 15 is 0 Å². The highest BCUT2D eigenvalue weighted by Crippen LogP contribution is 2.68. The van der Waals surface area contributed by atoms with Crippen LogP contribution in [0, 0.1) is 27.7 Å². The molecule has 2 aromatic rings. The van der Waals surface area contributed by atoms with Gasteiger partial charge in [0.05, 0.1) is 9.49 Å². The molecule has 0 spiro atoms. The largest absolute Gasteiger partial charge is 0.145 e. The lowest BCUT2D eigenvalue weighted by Crippen LogP contribution is -2.47. The van der Waals surface area contributed by atoms with E-state index in [4.69, 9.17) is 54.9 Å². The molecule has 1 saturated carbocycles. The highest BCUT2D eigenvalue weighted by molar-refractivity contribution is 8.09. The molecular formula is C34H40F12S4. The van der Waals surface area contributed by atoms with Crippen LogP contribution in [0.25, 0.3) is 11.1 Å². The molecule has 2 unspecified atom stereocenters. The fourth-order valence-corrected chi connectivity index (χ4v) is 12.5. The van der Waals surface area contributed by atoms with Gasteiger partial charge in [0.15, 0.2) is 0 Å². The molecule has 1 fully saturated rings. The number of aryl methyl sites for hydroxylation is 4. The molecule has 2 aromatic heterocycles. The van der Waals surface area contributed by atoms with E-state index in [-0.39, 0.29) is 9.49 Å². The van der Waals surface area contributed by atoms with Gasteiger partial charge < -0.3 is 0 Å². The summed E-state index contributed by atoms with van der Waals surface area (Å²) in [7, 11) is 0. The summed E-state index contributed by atoms with van der Waals surface area (Å²) in [5.41, 5.74) is 12.9. The van der Waals surface area contributed by atoms with Gasteiger partial charge in [0.1, 0.15) is 0 Å². The van der Waals surface area contributed by atoms with Crippen molar-refractivity contribution in [2.45, 2.75) is 103 Å². The van der Waals surface area contributed by atoms with E-state index in [9.17, 15) is 0 Å². The van der Waals surface area contributed by atoms with Gasteiger partial charge in [-0.1, -0.05) is 0 Å². The lowest BCUT2D eigenvalue weighted by atomic mass is 9.72. The van der Waals surface area contributed by atoms with E-state index in [1.54, 1.807) is 33.4 Å². The molecule has 0 saturated heterocycles. The highest BCUT2D eigenvalue weighted by atomic mass is 32.2. The minimum atomic E-state index is 0.231. The van der Waals surface area contributed by atoms with Gasteiger partial charge in [-0.25, -0.2) is 0 Å². The molecule has 50 heavy (non-hydrogen) atoms. The fraction of sp³-hybridized carbons (Fsp3) is 0.471. The molecule has 2 aliphatic heterocycles. The molecule has 0 nitrogen and oxygen atoms in total. The van der Waals surface area contributed by atoms with Gasteiger partial charge >= 0.3 is 0 Å². The first-order chi connectivity index (χ1) is 24.0. The van der Waals surface area contributed by atoms with Crippen molar-refractivity contribution >= 4 is 57.3 Å². The van der Waals surface area contributed by atoms with Gasteiger partial charge in [0.2, 0.25) is 0 Å². The molecule has 0 N–H and O–H groups in total. The second kappa shape index (κ2) is 22.8. The summed E-state index contributed by atoms with van der Waals surface area (Å²) in [6, 6.07) is 4.77. The van der Waals surface area contributed by atoms with Crippen LogP contribution in [0.5, 0.6) is 0 Å². The number of hydrogen-bond acceptors (Lipinski definition) is 4. The molecular weight excluding hydrogens is 765 g/mol. The second-order valence-corrected chi connectivity index (χ2v) is 18.1. The quantitative estimate of drug-likeness (QED) is 0.277. The molecule has 4 heterocycles. The van der Waals surface area contributed by atoms with Gasteiger partial charge in [-0.2, -0.15) is 0 Å². The Morgan fingerprint density at radius 3 is 1.00 bits per heavy atom. The van der Waals surface area contributed by atoms with Crippen LogP contribution in [0.15, 0.2) is 56.4 Å². The Morgan fingerprint density at radius 2 is 0.740 bits per heavy atom. The van der Waals surface area contributed by atoms with Crippen molar-refractivity contribution in [3.05, 3.63) is 87.0 Å². The monoisotopic (exact) mass is 804 g/mol. The Kier molecular flexibility index (Phi) is 21.9. The molecule has 7 rings (SSSR count). The number of thiophene rings is 2. The van der Waals surface area contributed by atoms with Crippen LogP contribution in [0.2, 0.25) is 0 Å². The lowest BCUT2D eigenvalue weighted by molar-refractivity contribution is 0.108. The number of allylic oxidation sites excluding steroid dienone is 8. The molecule has 0 radical (unpaired) electrons. The van der Waals surface area contributed by atoms with E-state index in [0.717, 1.165) is 0 Å². The lowest BCUT2D eigenvalue weighted by Gasteiger charge is -2.47. The zero-order chi connectivity index (χ0) is 39.0. The van der Waals surface area contributed by atoms with Crippen LogP contribution >= 0.6 is 46.2 Å². The third-order valence-electron chi connectivity index (χ3n) is 9.18. The Hall–Kier alpha value is -2.04. The van der Waals surface area contributed by atoms with Crippen molar-refractivity contribution < 1.29 is 54.9 Å². The van der Waals surface area contributed by atoms with Crippen LogP contribution < -0.4 is 0 Å². The van der Waals surface area contributed by atoms with Gasteiger partial charge in [-0.3, -0.25) is 0 Å². The summed E-state index contributed by atoms with van der Waals surface area (Å²) in [4.78, 5) is 8.81. The summed E-state index contributed by atoms with van der Waals surface area (Å²) in [6.07, 6.45) is 12.7. The molecule has 3 aliphatic carbocycles. The predicted molar refractivity (Wildman–Crippen MR) is 189 cm³/mol. The minimum Gasteiger partial charge on any atom is -0.145 e. The van der Waals surface area contributed by atoms with Gasteiger partial charge in [-0.15, -0.1) is 46.2 Å². The zero-order valence-corrected chi connectivity index (χ0v) is 32.0. The molecule has 284 valence electrons. The maximum Gasteiger partial charge on any atom is 0.0615 e. The molecule has 0 bridgehead atoms. The molecule has 0 aromatic carbocycles. The van der Waals surface area contributed by atoms with Gasteiger partial charge in [0.25, 0.3) is 0 Å². The summed E-state index contributed by atoms with van der Waals surface area (Å²) < 4.78 is 96.5. The van der Waals surface area contributed by atoms with E-state index in [0.29, 0.717) is 0 Å². The molecule has 5 aliphatic rings. The fourth-order valence-electron chi connectivity index (χ4n) is 7.49. The van der Waals surface area contributed by atoms with Crippen molar-refractivity contribution in [2.24, 2.45) is 0 Å². The number of hydrogen-bond donors (Lipinski definition) is 0. The minimum absolute atomic E-state index is 0.231. The standard InChI is InChI=1S/2C17H20S2.6F2/c1-10-8-14-12-6-5-7-13(12)15-9-11(2)19-17(15,4)16(14,3)18-10;1-10-8-16(12(3)18-10)14-6-5-7-15(14)17-9-11(2)19-13(17)4;6*1-2/h2*8-9H,5-7H2,1-4H3;;;;;;. The normalized spacial score (nSPS) is 21.9. The van der Waals surface area contributed by atoms with Crippen LogP contribution in [0.4, 0.5) is 54.9 Å². The smallest absolute Gasteiger partial charge is 0.0615 e. The van der Waals surface area contributed by atoms with Crippen LogP contribution in [0.3, 0.4) is 0 Å². The van der Waals surface area contributed by atoms with Crippen LogP contribution in [-0.4, -0.2) is 9.49 Å². The maximum absolute atomic E-state index is 8.00. The third kappa shape index (κ3) is 9.88. The SMILES string of the molecule is CC1=CC2=C3CCCC3=C3C=C(C)SC3(C)C2(C)S1.Cc1cc(C2=C(c3cc(C)sc3C)CCC2)c(C)s1.FF.FF.FF.FF.FF.FF. The summed E-state index contributed by atoms with van der Waals surface area (Å²) in [5, 5.41) is 0. The number of thioether (sulfide) groups is 2. The Balaban J connectivity index is 0.000000741. The molecule has 2 atom stereocenters. The first-order valence-corrected chi connectivity index (χ1v) is 18.2. The van der Waals surface area contributed by atoms with E-state index in [1.807, 2.05) is 22.7 Å². The Bertz CT molecular complexity index is 1430. The van der Waals surface area contributed by atoms with Gasteiger partial charge in [-0.05, 0) is 173 Å². The number of halogens is 12. The van der Waals surface area contributed by atoms with Crippen LogP contribution in [0.1, 0.15) is 96.9 Å². The van der Waals surface area contributed by atoms with Crippen molar-refractivity contribution in [2.75, 3.05) is 0 Å². The van der Waals surface area contributed by atoms with E-state index in [1.165, 1.54) is 79.0 Å². The predicted octanol–water partition coefficient (Wildman–Crippen LogP) is 16.8. The average molecular weight is 805 g/mol. The van der Waals surface area contributed by atoms with Crippen molar-refractivity contribution in [3.63, 3.8) is 0 Å². The van der Waals surface area contributed by atoms with Crippen LogP contribution in [-0.2, 0) is 0 Å². The summed E-state index contributed by atoms with van der Waals surface area (Å²) in [5.74, 6) is 0. The third-order valence-corrected chi connectivity index (χ3v) is 14.2. The topological polar surface area (TPSA) is 0 Å². The van der Waals surface area contributed by atoms with Crippen molar-refractivity contribution in [1.82, 2.24) is 0 Å². The first kappa shape index (κ1) is 48.0. The average Bonchev–Trinajstić information content (AvgIpc) is 3.99.